The van der Waals surface area contributed by atoms with Crippen molar-refractivity contribution in [2.24, 2.45) is 5.92 Å². The van der Waals surface area contributed by atoms with Gasteiger partial charge in [0.25, 0.3) is 0 Å². The van der Waals surface area contributed by atoms with Gasteiger partial charge in [-0.05, 0) is 43.0 Å². The Kier molecular flexibility index (Phi) is 4.08. The summed E-state index contributed by atoms with van der Waals surface area (Å²) in [6.07, 6.45) is 4.30. The van der Waals surface area contributed by atoms with Gasteiger partial charge in [0.1, 0.15) is 12.4 Å². The summed E-state index contributed by atoms with van der Waals surface area (Å²) in [7, 11) is 0. The molecule has 1 fully saturated rings. The summed E-state index contributed by atoms with van der Waals surface area (Å²) in [5.41, 5.74) is 0. The van der Waals surface area contributed by atoms with Crippen LogP contribution in [-0.4, -0.2) is 17.8 Å². The first-order valence-corrected chi connectivity index (χ1v) is 6.18. The number of aliphatic hydroxyl groups is 1. The van der Waals surface area contributed by atoms with E-state index >= 15 is 0 Å². The predicted octanol–water partition coefficient (Wildman–Crippen LogP) is 3.27. The maximum atomic E-state index is 9.69. The molecule has 0 radical (unpaired) electrons. The molecule has 1 saturated carbocycles. The number of aliphatic hydroxyl groups excluding tert-OH is 1. The van der Waals surface area contributed by atoms with Crippen LogP contribution in [0.2, 0.25) is 5.02 Å². The van der Waals surface area contributed by atoms with E-state index in [1.807, 2.05) is 12.1 Å². The van der Waals surface area contributed by atoms with Gasteiger partial charge in [0.15, 0.2) is 0 Å². The molecule has 0 heterocycles. The molecular weight excluding hydrogens is 224 g/mol. The van der Waals surface area contributed by atoms with E-state index in [9.17, 15) is 5.11 Å². The Balaban J connectivity index is 1.67. The molecule has 0 bridgehead atoms. The highest BCUT2D eigenvalue weighted by atomic mass is 35.5. The van der Waals surface area contributed by atoms with Crippen LogP contribution in [-0.2, 0) is 0 Å². The van der Waals surface area contributed by atoms with Crippen molar-refractivity contribution in [1.82, 2.24) is 0 Å². The third-order valence-electron chi connectivity index (χ3n) is 2.86. The molecule has 3 heteroatoms. The minimum Gasteiger partial charge on any atom is -0.491 e. The average molecular weight is 241 g/mol. The zero-order valence-electron chi connectivity index (χ0n) is 9.23. The highest BCUT2D eigenvalue weighted by Gasteiger charge is 2.21. The normalized spacial score (nSPS) is 17.1. The molecule has 0 spiro atoms. The van der Waals surface area contributed by atoms with Gasteiger partial charge in [-0.2, -0.15) is 0 Å². The van der Waals surface area contributed by atoms with Crippen LogP contribution >= 0.6 is 11.6 Å². The highest BCUT2D eigenvalue weighted by Crippen LogP contribution is 2.33. The van der Waals surface area contributed by atoms with E-state index in [0.29, 0.717) is 11.6 Å². The van der Waals surface area contributed by atoms with Gasteiger partial charge >= 0.3 is 0 Å². The summed E-state index contributed by atoms with van der Waals surface area (Å²) in [4.78, 5) is 0. The minimum absolute atomic E-state index is 0.351. The zero-order chi connectivity index (χ0) is 11.4. The minimum atomic E-state index is -0.351. The molecular formula is C13H17ClO2. The van der Waals surface area contributed by atoms with Crippen molar-refractivity contribution in [3.8, 4) is 5.75 Å². The number of hydrogen-bond acceptors (Lipinski definition) is 2. The highest BCUT2D eigenvalue weighted by molar-refractivity contribution is 6.30. The second-order valence-corrected chi connectivity index (χ2v) is 4.88. The lowest BCUT2D eigenvalue weighted by Crippen LogP contribution is -2.17. The van der Waals surface area contributed by atoms with Gasteiger partial charge < -0.3 is 9.84 Å². The topological polar surface area (TPSA) is 29.5 Å². The second-order valence-electron chi connectivity index (χ2n) is 4.44. The van der Waals surface area contributed by atoms with E-state index < -0.39 is 0 Å². The van der Waals surface area contributed by atoms with Crippen molar-refractivity contribution in [3.63, 3.8) is 0 Å². The van der Waals surface area contributed by atoms with E-state index in [2.05, 4.69) is 0 Å². The van der Waals surface area contributed by atoms with Gasteiger partial charge in [-0.3, -0.25) is 0 Å². The Morgan fingerprint density at radius 2 is 2.00 bits per heavy atom. The van der Waals surface area contributed by atoms with Crippen molar-refractivity contribution in [1.29, 1.82) is 0 Å². The molecule has 1 aliphatic carbocycles. The Labute approximate surface area is 101 Å². The molecule has 0 aromatic heterocycles. The fourth-order valence-electron chi connectivity index (χ4n) is 1.64. The van der Waals surface area contributed by atoms with Crippen LogP contribution < -0.4 is 4.74 Å². The van der Waals surface area contributed by atoms with Crippen LogP contribution in [0.1, 0.15) is 25.7 Å². The largest absolute Gasteiger partial charge is 0.491 e. The lowest BCUT2D eigenvalue weighted by atomic mass is 10.1. The fraction of sp³-hybridized carbons (Fsp3) is 0.538. The molecule has 2 nitrogen and oxygen atoms in total. The first kappa shape index (κ1) is 11.7. The number of ether oxygens (including phenoxy) is 1. The molecule has 1 unspecified atom stereocenters. The molecule has 0 saturated heterocycles. The van der Waals surface area contributed by atoms with Crippen LogP contribution in [0.5, 0.6) is 5.75 Å². The molecule has 1 atom stereocenters. The summed E-state index contributed by atoms with van der Waals surface area (Å²) in [5.74, 6) is 1.63. The molecule has 88 valence electrons. The van der Waals surface area contributed by atoms with Crippen LogP contribution in [0.4, 0.5) is 0 Å². The van der Waals surface area contributed by atoms with Crippen LogP contribution in [0.25, 0.3) is 0 Å². The summed E-state index contributed by atoms with van der Waals surface area (Å²) >= 11 is 5.76. The number of halogens is 1. The predicted molar refractivity (Wildman–Crippen MR) is 64.9 cm³/mol. The lowest BCUT2D eigenvalue weighted by Gasteiger charge is -2.11. The van der Waals surface area contributed by atoms with E-state index in [1.165, 1.54) is 12.8 Å². The zero-order valence-corrected chi connectivity index (χ0v) is 9.99. The standard InChI is InChI=1S/C13H17ClO2/c14-11-4-7-13(8-5-11)16-9-12(15)6-3-10-1-2-10/h4-5,7-8,10,12,15H,1-3,6,9H2. The summed E-state index contributed by atoms with van der Waals surface area (Å²) in [6, 6.07) is 7.20. The lowest BCUT2D eigenvalue weighted by molar-refractivity contribution is 0.0968. The van der Waals surface area contributed by atoms with Crippen LogP contribution in [0, 0.1) is 5.92 Å². The Morgan fingerprint density at radius 3 is 2.62 bits per heavy atom. The quantitative estimate of drug-likeness (QED) is 0.827. The molecule has 0 aliphatic heterocycles. The molecule has 1 aliphatic rings. The third kappa shape index (κ3) is 4.03. The average Bonchev–Trinajstić information content (AvgIpc) is 3.09. The van der Waals surface area contributed by atoms with E-state index in [-0.39, 0.29) is 6.10 Å². The maximum absolute atomic E-state index is 9.69. The Hall–Kier alpha value is -0.730. The molecule has 16 heavy (non-hydrogen) atoms. The number of hydrogen-bond donors (Lipinski definition) is 1. The van der Waals surface area contributed by atoms with E-state index in [4.69, 9.17) is 16.3 Å². The Bertz CT molecular complexity index is 319. The second kappa shape index (κ2) is 5.55. The van der Waals surface area contributed by atoms with E-state index in [0.717, 1.165) is 24.5 Å². The van der Waals surface area contributed by atoms with Gasteiger partial charge in [0, 0.05) is 5.02 Å². The van der Waals surface area contributed by atoms with Crippen molar-refractivity contribution >= 4 is 11.6 Å². The fourth-order valence-corrected chi connectivity index (χ4v) is 1.77. The summed E-state index contributed by atoms with van der Waals surface area (Å²) < 4.78 is 5.47. The first-order valence-electron chi connectivity index (χ1n) is 5.80. The first-order chi connectivity index (χ1) is 7.74. The van der Waals surface area contributed by atoms with Crippen molar-refractivity contribution in [2.45, 2.75) is 31.8 Å². The molecule has 1 N–H and O–H groups in total. The van der Waals surface area contributed by atoms with Crippen molar-refractivity contribution < 1.29 is 9.84 Å². The molecule has 1 aromatic carbocycles. The summed E-state index contributed by atoms with van der Waals surface area (Å²) in [6.45, 7) is 0.369. The van der Waals surface area contributed by atoms with Crippen LogP contribution in [0.15, 0.2) is 24.3 Å². The van der Waals surface area contributed by atoms with Crippen molar-refractivity contribution in [2.75, 3.05) is 6.61 Å². The smallest absolute Gasteiger partial charge is 0.119 e. The van der Waals surface area contributed by atoms with Gasteiger partial charge in [-0.25, -0.2) is 0 Å². The molecule has 0 amide bonds. The van der Waals surface area contributed by atoms with E-state index in [1.54, 1.807) is 12.1 Å². The SMILES string of the molecule is OC(CCC1CC1)COc1ccc(Cl)cc1. The van der Waals surface area contributed by atoms with Gasteiger partial charge in [0.05, 0.1) is 6.10 Å². The van der Waals surface area contributed by atoms with Gasteiger partial charge in [0.2, 0.25) is 0 Å². The molecule has 2 rings (SSSR count). The number of rotatable bonds is 6. The number of benzene rings is 1. The van der Waals surface area contributed by atoms with Gasteiger partial charge in [-0.15, -0.1) is 0 Å². The Morgan fingerprint density at radius 1 is 1.31 bits per heavy atom. The molecule has 1 aromatic rings. The van der Waals surface area contributed by atoms with Gasteiger partial charge in [-0.1, -0.05) is 24.4 Å². The summed E-state index contributed by atoms with van der Waals surface area (Å²) in [5, 5.41) is 10.4. The maximum Gasteiger partial charge on any atom is 0.119 e. The monoisotopic (exact) mass is 240 g/mol. The third-order valence-corrected chi connectivity index (χ3v) is 3.11. The van der Waals surface area contributed by atoms with Crippen LogP contribution in [0.3, 0.4) is 0 Å². The van der Waals surface area contributed by atoms with Crippen molar-refractivity contribution in [3.05, 3.63) is 29.3 Å².